The molecule has 0 N–H and O–H groups in total. The third kappa shape index (κ3) is 4.97. The van der Waals surface area contributed by atoms with E-state index >= 15 is 0 Å². The van der Waals surface area contributed by atoms with Crippen molar-refractivity contribution in [3.8, 4) is 5.88 Å². The number of nitrogens with zero attached hydrogens (tertiary/aromatic N) is 3. The maximum atomic E-state index is 13.5. The van der Waals surface area contributed by atoms with Crippen LogP contribution < -0.4 is 4.74 Å². The number of carbonyl (C=O) groups excluding carboxylic acids is 1. The lowest BCUT2D eigenvalue weighted by molar-refractivity contribution is -0.127. The number of hydrogen-bond donors (Lipinski definition) is 0. The van der Waals surface area contributed by atoms with Crippen molar-refractivity contribution in [2.45, 2.75) is 57.9 Å². The lowest BCUT2D eigenvalue weighted by Crippen LogP contribution is -2.31. The Morgan fingerprint density at radius 2 is 2.16 bits per heavy atom. The molecule has 0 spiro atoms. The van der Waals surface area contributed by atoms with Crippen molar-refractivity contribution in [3.63, 3.8) is 0 Å². The Bertz CT molecular complexity index is 979. The highest BCUT2D eigenvalue weighted by atomic mass is 19.3. The largest absolute Gasteiger partial charge is 0.471 e. The van der Waals surface area contributed by atoms with E-state index in [-0.39, 0.29) is 17.8 Å². The molecule has 0 radical (unpaired) electrons. The molecule has 2 aliphatic carbocycles. The van der Waals surface area contributed by atoms with Crippen molar-refractivity contribution < 1.29 is 18.3 Å². The van der Waals surface area contributed by atoms with Gasteiger partial charge in [-0.1, -0.05) is 18.6 Å². The number of alkyl halides is 2. The molecular weight excluding hydrogens is 412 g/mol. The van der Waals surface area contributed by atoms with Gasteiger partial charge in [0.25, 0.3) is 11.8 Å². The Labute approximate surface area is 187 Å². The Kier molecular flexibility index (Phi) is 6.26. The summed E-state index contributed by atoms with van der Waals surface area (Å²) in [5, 5.41) is 0. The molecule has 2 heterocycles. The average molecular weight is 442 g/mol. The molecule has 1 amide bonds. The van der Waals surface area contributed by atoms with Crippen molar-refractivity contribution in [2.24, 2.45) is 10.9 Å². The molecule has 2 fully saturated rings. The minimum atomic E-state index is -2.92. The standard InChI is InChI=1S/C25H29F2N3O2/c1-4-21(18-9-10-22(29-13-18)32-15-25(2,26)27)30-14-20(19(24(30)31)11-12-28-3)23(16-5-6-16)17-7-8-17/h9-13,16,21H,3-8,14-15H2,1-2H3/b12-11-. The average Bonchev–Trinajstić information content (AvgIpc) is 3.68. The number of amides is 1. The Morgan fingerprint density at radius 3 is 2.69 bits per heavy atom. The van der Waals surface area contributed by atoms with Crippen molar-refractivity contribution in [1.29, 1.82) is 0 Å². The van der Waals surface area contributed by atoms with Crippen molar-refractivity contribution in [3.05, 3.63) is 58.5 Å². The van der Waals surface area contributed by atoms with E-state index in [0.717, 1.165) is 30.9 Å². The van der Waals surface area contributed by atoms with Gasteiger partial charge >= 0.3 is 0 Å². The molecule has 0 saturated heterocycles. The van der Waals surface area contributed by atoms with Crippen LogP contribution in [0.4, 0.5) is 8.78 Å². The van der Waals surface area contributed by atoms with Crippen LogP contribution in [0.2, 0.25) is 0 Å². The Hall–Kier alpha value is -2.83. The maximum absolute atomic E-state index is 13.5. The van der Waals surface area contributed by atoms with Crippen LogP contribution in [-0.4, -0.2) is 41.6 Å². The van der Waals surface area contributed by atoms with Crippen LogP contribution in [0.3, 0.4) is 0 Å². The minimum absolute atomic E-state index is 0.0166. The number of aromatic nitrogens is 1. The van der Waals surface area contributed by atoms with Crippen LogP contribution in [0.25, 0.3) is 0 Å². The van der Waals surface area contributed by atoms with Crippen LogP contribution in [0, 0.1) is 5.92 Å². The van der Waals surface area contributed by atoms with Gasteiger partial charge in [0, 0.05) is 37.5 Å². The van der Waals surface area contributed by atoms with Gasteiger partial charge in [0.05, 0.1) is 6.04 Å². The van der Waals surface area contributed by atoms with Gasteiger partial charge in [-0.3, -0.25) is 9.79 Å². The summed E-state index contributed by atoms with van der Waals surface area (Å²) in [6.45, 7) is 6.17. The molecule has 1 unspecified atom stereocenters. The molecule has 1 aromatic rings. The van der Waals surface area contributed by atoms with E-state index in [0.29, 0.717) is 24.5 Å². The Balaban J connectivity index is 1.57. The highest BCUT2D eigenvalue weighted by molar-refractivity contribution is 6.01. The molecule has 3 aliphatic rings. The monoisotopic (exact) mass is 441 g/mol. The molecule has 4 rings (SSSR count). The van der Waals surface area contributed by atoms with Crippen LogP contribution in [-0.2, 0) is 4.79 Å². The third-order valence-corrected chi connectivity index (χ3v) is 6.06. The Morgan fingerprint density at radius 1 is 1.41 bits per heavy atom. The smallest absolute Gasteiger partial charge is 0.278 e. The summed E-state index contributed by atoms with van der Waals surface area (Å²) < 4.78 is 31.2. The molecule has 170 valence electrons. The second-order valence-electron chi connectivity index (χ2n) is 8.83. The summed E-state index contributed by atoms with van der Waals surface area (Å²) >= 11 is 0. The minimum Gasteiger partial charge on any atom is -0.471 e. The van der Waals surface area contributed by atoms with Crippen LogP contribution in [0.5, 0.6) is 5.88 Å². The number of hydrogen-bond acceptors (Lipinski definition) is 4. The molecule has 0 bridgehead atoms. The molecule has 5 nitrogen and oxygen atoms in total. The van der Waals surface area contributed by atoms with E-state index in [2.05, 4.69) is 16.7 Å². The van der Waals surface area contributed by atoms with E-state index in [4.69, 9.17) is 4.74 Å². The van der Waals surface area contributed by atoms with Gasteiger partial charge in [0.1, 0.15) is 0 Å². The first-order chi connectivity index (χ1) is 15.3. The quantitative estimate of drug-likeness (QED) is 0.456. The SMILES string of the molecule is C=N/C=C\C1=C(C(=C2CC2)C2CC2)CN(C(CC)c2ccc(OCC(C)(F)F)nc2)C1=O. The van der Waals surface area contributed by atoms with Crippen LogP contribution in [0.15, 0.2) is 57.9 Å². The first-order valence-corrected chi connectivity index (χ1v) is 11.2. The van der Waals surface area contributed by atoms with Crippen molar-refractivity contribution in [2.75, 3.05) is 13.2 Å². The third-order valence-electron chi connectivity index (χ3n) is 6.06. The predicted octanol–water partition coefficient (Wildman–Crippen LogP) is 5.42. The second kappa shape index (κ2) is 8.96. The lowest BCUT2D eigenvalue weighted by Gasteiger charge is -2.28. The van der Waals surface area contributed by atoms with Gasteiger partial charge in [0.15, 0.2) is 6.61 Å². The molecule has 2 saturated carbocycles. The molecule has 1 atom stereocenters. The zero-order valence-corrected chi connectivity index (χ0v) is 18.6. The van der Waals surface area contributed by atoms with Gasteiger partial charge < -0.3 is 9.64 Å². The van der Waals surface area contributed by atoms with Gasteiger partial charge in [-0.05, 0) is 67.5 Å². The van der Waals surface area contributed by atoms with Gasteiger partial charge in [0.2, 0.25) is 5.88 Å². The van der Waals surface area contributed by atoms with E-state index in [9.17, 15) is 13.6 Å². The molecule has 7 heteroatoms. The van der Waals surface area contributed by atoms with Crippen molar-refractivity contribution in [1.82, 2.24) is 9.88 Å². The highest BCUT2D eigenvalue weighted by Gasteiger charge is 2.41. The zero-order chi connectivity index (χ0) is 22.9. The van der Waals surface area contributed by atoms with Crippen LogP contribution >= 0.6 is 0 Å². The van der Waals surface area contributed by atoms with E-state index in [1.165, 1.54) is 24.0 Å². The number of rotatable bonds is 10. The molecule has 32 heavy (non-hydrogen) atoms. The number of allylic oxidation sites excluding steroid dienone is 1. The summed E-state index contributed by atoms with van der Waals surface area (Å²) in [6, 6.07) is 3.22. The lowest BCUT2D eigenvalue weighted by atomic mass is 9.97. The molecule has 1 aliphatic heterocycles. The van der Waals surface area contributed by atoms with Crippen LogP contribution in [0.1, 0.15) is 57.6 Å². The number of pyridine rings is 1. The number of carbonyl (C=O) groups is 1. The summed E-state index contributed by atoms with van der Waals surface area (Å²) in [7, 11) is 0. The fourth-order valence-corrected chi connectivity index (χ4v) is 4.36. The highest BCUT2D eigenvalue weighted by Crippen LogP contribution is 2.50. The molecule has 1 aromatic heterocycles. The fourth-order valence-electron chi connectivity index (χ4n) is 4.36. The van der Waals surface area contributed by atoms with Gasteiger partial charge in [-0.2, -0.15) is 0 Å². The van der Waals surface area contributed by atoms with Gasteiger partial charge in [-0.15, -0.1) is 0 Å². The first-order valence-electron chi connectivity index (χ1n) is 11.2. The fraction of sp³-hybridized carbons (Fsp3) is 0.480. The molecular formula is C25H29F2N3O2. The van der Waals surface area contributed by atoms with E-state index in [1.807, 2.05) is 11.8 Å². The van der Waals surface area contributed by atoms with E-state index in [1.54, 1.807) is 30.6 Å². The summed E-state index contributed by atoms with van der Waals surface area (Å²) in [4.78, 5) is 23.4. The zero-order valence-electron chi connectivity index (χ0n) is 18.6. The van der Waals surface area contributed by atoms with E-state index < -0.39 is 12.5 Å². The summed E-state index contributed by atoms with van der Waals surface area (Å²) in [6.07, 6.45) is 10.3. The molecule has 0 aromatic carbocycles. The predicted molar refractivity (Wildman–Crippen MR) is 120 cm³/mol. The first kappa shape index (κ1) is 22.4. The number of halogens is 2. The summed E-state index contributed by atoms with van der Waals surface area (Å²) in [5.74, 6) is -2.22. The van der Waals surface area contributed by atoms with Gasteiger partial charge in [-0.25, -0.2) is 13.8 Å². The maximum Gasteiger partial charge on any atom is 0.278 e. The van der Waals surface area contributed by atoms with Crippen molar-refractivity contribution >= 4 is 12.6 Å². The second-order valence-corrected chi connectivity index (χ2v) is 8.83. The topological polar surface area (TPSA) is 54.8 Å². The number of ether oxygens (including phenoxy) is 1. The summed E-state index contributed by atoms with van der Waals surface area (Å²) in [5.41, 5.74) is 5.56. The normalized spacial score (nSPS) is 19.7. The number of aliphatic imine (C=N–C) groups is 1.